The molecule has 0 radical (unpaired) electrons. The standard InChI is InChI=1S/C20H24N6O2/c1-14(25-13-21-12-23-25)10-20(27)24-18-4-3-5-19-17(18)11-22-26(19)15-6-8-16(28-2)9-7-15/h6-9,11-14,18H,3-5,10H2,1-2H3,(H,24,27)/t14-,18-/m1/s1. The number of fused-ring (bicyclic) bond motifs is 1. The van der Waals surface area contributed by atoms with Crippen molar-refractivity contribution in [2.45, 2.75) is 44.7 Å². The molecule has 8 heteroatoms. The Bertz CT molecular complexity index is 932. The molecule has 1 aromatic carbocycles. The van der Waals surface area contributed by atoms with Gasteiger partial charge in [-0.2, -0.15) is 10.2 Å². The molecular formula is C20H24N6O2. The van der Waals surface area contributed by atoms with E-state index in [2.05, 4.69) is 20.5 Å². The normalized spacial score (nSPS) is 17.0. The fourth-order valence-electron chi connectivity index (χ4n) is 3.71. The fourth-order valence-corrected chi connectivity index (χ4v) is 3.71. The van der Waals surface area contributed by atoms with Gasteiger partial charge in [-0.3, -0.25) is 4.79 Å². The number of carbonyl (C=O) groups is 1. The lowest BCUT2D eigenvalue weighted by atomic mass is 9.92. The zero-order valence-electron chi connectivity index (χ0n) is 16.1. The third-order valence-corrected chi connectivity index (χ3v) is 5.20. The smallest absolute Gasteiger partial charge is 0.222 e. The summed E-state index contributed by atoms with van der Waals surface area (Å²) in [4.78, 5) is 16.5. The first-order valence-corrected chi connectivity index (χ1v) is 9.50. The number of amides is 1. The van der Waals surface area contributed by atoms with Crippen molar-refractivity contribution in [1.82, 2.24) is 29.9 Å². The predicted octanol–water partition coefficient (Wildman–Crippen LogP) is 2.62. The molecule has 1 amide bonds. The third kappa shape index (κ3) is 3.62. The van der Waals surface area contributed by atoms with Crippen molar-refractivity contribution < 1.29 is 9.53 Å². The van der Waals surface area contributed by atoms with Gasteiger partial charge in [0.25, 0.3) is 0 Å². The van der Waals surface area contributed by atoms with E-state index in [1.165, 1.54) is 6.33 Å². The van der Waals surface area contributed by atoms with Gasteiger partial charge in [-0.15, -0.1) is 0 Å². The van der Waals surface area contributed by atoms with E-state index in [1.807, 2.05) is 42.1 Å². The Morgan fingerprint density at radius 1 is 1.32 bits per heavy atom. The van der Waals surface area contributed by atoms with Crippen LogP contribution in [0.25, 0.3) is 5.69 Å². The van der Waals surface area contributed by atoms with Gasteiger partial charge in [0.1, 0.15) is 18.4 Å². The predicted molar refractivity (Wildman–Crippen MR) is 103 cm³/mol. The molecule has 2 heterocycles. The highest BCUT2D eigenvalue weighted by Crippen LogP contribution is 2.31. The summed E-state index contributed by atoms with van der Waals surface area (Å²) in [5.41, 5.74) is 3.25. The minimum Gasteiger partial charge on any atom is -0.497 e. The minimum absolute atomic E-state index is 0.00815. The summed E-state index contributed by atoms with van der Waals surface area (Å²) < 4.78 is 8.90. The largest absolute Gasteiger partial charge is 0.497 e. The number of nitrogens with zero attached hydrogens (tertiary/aromatic N) is 5. The third-order valence-electron chi connectivity index (χ3n) is 5.20. The molecule has 8 nitrogen and oxygen atoms in total. The van der Waals surface area contributed by atoms with E-state index >= 15 is 0 Å². The minimum atomic E-state index is -0.0346. The lowest BCUT2D eigenvalue weighted by Crippen LogP contribution is -2.32. The van der Waals surface area contributed by atoms with Crippen LogP contribution in [0.4, 0.5) is 0 Å². The summed E-state index contributed by atoms with van der Waals surface area (Å²) in [6.45, 7) is 1.96. The second-order valence-corrected chi connectivity index (χ2v) is 7.10. The Morgan fingerprint density at radius 2 is 2.14 bits per heavy atom. The summed E-state index contributed by atoms with van der Waals surface area (Å²) in [6.07, 6.45) is 8.24. The van der Waals surface area contributed by atoms with Crippen LogP contribution in [0.1, 0.15) is 49.5 Å². The van der Waals surface area contributed by atoms with E-state index in [0.29, 0.717) is 6.42 Å². The molecule has 0 aliphatic heterocycles. The molecular weight excluding hydrogens is 356 g/mol. The van der Waals surface area contributed by atoms with Gasteiger partial charge in [0, 0.05) is 17.7 Å². The first kappa shape index (κ1) is 18.2. The number of hydrogen-bond donors (Lipinski definition) is 1. The van der Waals surface area contributed by atoms with Gasteiger partial charge >= 0.3 is 0 Å². The first-order chi connectivity index (χ1) is 13.7. The zero-order valence-corrected chi connectivity index (χ0v) is 16.1. The molecule has 28 heavy (non-hydrogen) atoms. The van der Waals surface area contributed by atoms with Crippen LogP contribution >= 0.6 is 0 Å². The van der Waals surface area contributed by atoms with Crippen LogP contribution in [0, 0.1) is 0 Å². The van der Waals surface area contributed by atoms with E-state index in [4.69, 9.17) is 4.74 Å². The molecule has 0 spiro atoms. The monoisotopic (exact) mass is 380 g/mol. The zero-order chi connectivity index (χ0) is 19.5. The van der Waals surface area contributed by atoms with E-state index in [1.54, 1.807) is 18.1 Å². The molecule has 1 N–H and O–H groups in total. The van der Waals surface area contributed by atoms with Crippen molar-refractivity contribution in [3.63, 3.8) is 0 Å². The molecule has 2 aromatic heterocycles. The molecule has 0 bridgehead atoms. The summed E-state index contributed by atoms with van der Waals surface area (Å²) in [5, 5.41) is 11.9. The Labute approximate surface area is 163 Å². The highest BCUT2D eigenvalue weighted by Gasteiger charge is 2.26. The highest BCUT2D eigenvalue weighted by atomic mass is 16.5. The Hall–Kier alpha value is -3.16. The fraction of sp³-hybridized carbons (Fsp3) is 0.400. The maximum absolute atomic E-state index is 12.6. The summed E-state index contributed by atoms with van der Waals surface area (Å²) in [6, 6.07) is 7.80. The van der Waals surface area contributed by atoms with Crippen molar-refractivity contribution in [2.24, 2.45) is 0 Å². The number of rotatable bonds is 6. The Kier molecular flexibility index (Phi) is 5.10. The van der Waals surface area contributed by atoms with Crippen LogP contribution in [0.3, 0.4) is 0 Å². The van der Waals surface area contributed by atoms with E-state index in [9.17, 15) is 4.79 Å². The molecule has 0 saturated carbocycles. The molecule has 0 fully saturated rings. The van der Waals surface area contributed by atoms with Gasteiger partial charge in [-0.25, -0.2) is 14.3 Å². The molecule has 3 aromatic rings. The molecule has 2 atom stereocenters. The highest BCUT2D eigenvalue weighted by molar-refractivity contribution is 5.77. The van der Waals surface area contributed by atoms with Crippen molar-refractivity contribution in [2.75, 3.05) is 7.11 Å². The van der Waals surface area contributed by atoms with Gasteiger partial charge in [-0.05, 0) is 50.5 Å². The number of hydrogen-bond acceptors (Lipinski definition) is 5. The van der Waals surface area contributed by atoms with Crippen LogP contribution in [-0.4, -0.2) is 37.6 Å². The van der Waals surface area contributed by atoms with Crippen LogP contribution in [-0.2, 0) is 11.2 Å². The average molecular weight is 380 g/mol. The number of nitrogens with one attached hydrogen (secondary N) is 1. The second kappa shape index (κ2) is 7.84. The van der Waals surface area contributed by atoms with Gasteiger partial charge in [0.15, 0.2) is 0 Å². The Balaban J connectivity index is 1.48. The van der Waals surface area contributed by atoms with E-state index < -0.39 is 0 Å². The van der Waals surface area contributed by atoms with E-state index in [0.717, 1.165) is 42.0 Å². The molecule has 0 saturated heterocycles. The van der Waals surface area contributed by atoms with Crippen molar-refractivity contribution in [3.05, 3.63) is 54.4 Å². The van der Waals surface area contributed by atoms with Crippen molar-refractivity contribution >= 4 is 5.91 Å². The molecule has 1 aliphatic carbocycles. The second-order valence-electron chi connectivity index (χ2n) is 7.10. The first-order valence-electron chi connectivity index (χ1n) is 9.50. The van der Waals surface area contributed by atoms with Gasteiger partial charge < -0.3 is 10.1 Å². The lowest BCUT2D eigenvalue weighted by molar-refractivity contribution is -0.122. The molecule has 4 rings (SSSR count). The topological polar surface area (TPSA) is 86.9 Å². The molecule has 1 aliphatic rings. The SMILES string of the molecule is COc1ccc(-n2ncc3c2CCC[C@H]3NC(=O)C[C@@H](C)n2cncn2)cc1. The summed E-state index contributed by atoms with van der Waals surface area (Å²) in [5.74, 6) is 0.828. The number of aromatic nitrogens is 5. The van der Waals surface area contributed by atoms with Crippen LogP contribution < -0.4 is 10.1 Å². The maximum atomic E-state index is 12.6. The lowest BCUT2D eigenvalue weighted by Gasteiger charge is -2.25. The number of benzene rings is 1. The number of ether oxygens (including phenoxy) is 1. The Morgan fingerprint density at radius 3 is 2.86 bits per heavy atom. The van der Waals surface area contributed by atoms with Crippen LogP contribution in [0.5, 0.6) is 5.75 Å². The van der Waals surface area contributed by atoms with Crippen molar-refractivity contribution in [3.8, 4) is 11.4 Å². The van der Waals surface area contributed by atoms with Gasteiger partial charge in [-0.1, -0.05) is 0 Å². The molecule has 146 valence electrons. The summed E-state index contributed by atoms with van der Waals surface area (Å²) in [7, 11) is 1.65. The van der Waals surface area contributed by atoms with Gasteiger partial charge in [0.2, 0.25) is 5.91 Å². The molecule has 0 unspecified atom stereocenters. The number of carbonyl (C=O) groups excluding carboxylic acids is 1. The maximum Gasteiger partial charge on any atom is 0.222 e. The van der Waals surface area contributed by atoms with Gasteiger partial charge in [0.05, 0.1) is 31.1 Å². The summed E-state index contributed by atoms with van der Waals surface area (Å²) >= 11 is 0. The average Bonchev–Trinajstić information content (AvgIpc) is 3.38. The van der Waals surface area contributed by atoms with E-state index in [-0.39, 0.29) is 18.0 Å². The van der Waals surface area contributed by atoms with Crippen molar-refractivity contribution in [1.29, 1.82) is 0 Å². The van der Waals surface area contributed by atoms with Crippen LogP contribution in [0.15, 0.2) is 43.1 Å². The number of methoxy groups -OCH3 is 1. The quantitative estimate of drug-likeness (QED) is 0.710. The van der Waals surface area contributed by atoms with Crippen LogP contribution in [0.2, 0.25) is 0 Å².